The molecule has 1 unspecified atom stereocenters. The largest absolute Gasteiger partial charge is 0.437 e. The molecule has 26 heavy (non-hydrogen) atoms. The summed E-state index contributed by atoms with van der Waals surface area (Å²) < 4.78 is 7.08. The Morgan fingerprint density at radius 2 is 1.92 bits per heavy atom. The van der Waals surface area contributed by atoms with Crippen molar-refractivity contribution in [1.29, 1.82) is 0 Å². The molecule has 0 radical (unpaired) electrons. The summed E-state index contributed by atoms with van der Waals surface area (Å²) >= 11 is 3.47. The van der Waals surface area contributed by atoms with Crippen molar-refractivity contribution >= 4 is 22.0 Å². The van der Waals surface area contributed by atoms with Gasteiger partial charge in [-0.25, -0.2) is 4.79 Å². The second kappa shape index (κ2) is 8.09. The normalized spacial score (nSPS) is 21.2. The zero-order chi connectivity index (χ0) is 18.6. The van der Waals surface area contributed by atoms with Gasteiger partial charge in [0.2, 0.25) is 0 Å². The Morgan fingerprint density at radius 3 is 2.50 bits per heavy atom. The first-order valence-corrected chi connectivity index (χ1v) is 9.80. The fraction of sp³-hybridized carbons (Fsp3) is 0.318. The Labute approximate surface area is 163 Å². The Kier molecular flexibility index (Phi) is 5.82. The number of rotatable bonds is 6. The molecule has 1 aliphatic heterocycles. The average molecular weight is 414 g/mol. The summed E-state index contributed by atoms with van der Waals surface area (Å²) in [5.74, 6) is 0. The van der Waals surface area contributed by atoms with Gasteiger partial charge in [-0.1, -0.05) is 71.4 Å². The van der Waals surface area contributed by atoms with E-state index in [-0.39, 0.29) is 12.1 Å². The second-order valence-corrected chi connectivity index (χ2v) is 7.56. The van der Waals surface area contributed by atoms with Crippen molar-refractivity contribution < 1.29 is 9.53 Å². The van der Waals surface area contributed by atoms with E-state index in [4.69, 9.17) is 4.74 Å². The summed E-state index contributed by atoms with van der Waals surface area (Å²) in [6.07, 6.45) is 3.79. The van der Waals surface area contributed by atoms with Gasteiger partial charge >= 0.3 is 6.09 Å². The van der Waals surface area contributed by atoms with Crippen LogP contribution in [0.15, 0.2) is 71.7 Å². The van der Waals surface area contributed by atoms with E-state index in [1.54, 1.807) is 0 Å². The van der Waals surface area contributed by atoms with Crippen LogP contribution >= 0.6 is 15.9 Å². The number of hydrogen-bond acceptors (Lipinski definition) is 2. The van der Waals surface area contributed by atoms with Crippen molar-refractivity contribution in [2.24, 2.45) is 0 Å². The van der Waals surface area contributed by atoms with Gasteiger partial charge in [0.15, 0.2) is 0 Å². The number of halogens is 1. The van der Waals surface area contributed by atoms with Gasteiger partial charge < -0.3 is 9.64 Å². The molecule has 0 N–H and O–H groups in total. The van der Waals surface area contributed by atoms with Crippen LogP contribution in [-0.2, 0) is 10.3 Å². The van der Waals surface area contributed by atoms with Gasteiger partial charge in [0.25, 0.3) is 0 Å². The SMILES string of the molecule is C=CCC1(c2ccccc2)CCN([C@@H](CC)c2ccc(Br)cc2)C(=O)O1. The van der Waals surface area contributed by atoms with E-state index < -0.39 is 5.60 Å². The van der Waals surface area contributed by atoms with Gasteiger partial charge in [0, 0.05) is 23.9 Å². The van der Waals surface area contributed by atoms with E-state index >= 15 is 0 Å². The van der Waals surface area contributed by atoms with Crippen molar-refractivity contribution in [1.82, 2.24) is 4.90 Å². The average Bonchev–Trinajstić information content (AvgIpc) is 2.66. The lowest BCUT2D eigenvalue weighted by molar-refractivity contribution is -0.0607. The number of ether oxygens (including phenoxy) is 1. The number of nitrogens with zero attached hydrogens (tertiary/aromatic N) is 1. The molecule has 0 bridgehead atoms. The number of hydrogen-bond donors (Lipinski definition) is 0. The molecule has 3 rings (SSSR count). The first-order valence-electron chi connectivity index (χ1n) is 9.01. The molecule has 0 saturated carbocycles. The molecule has 0 spiro atoms. The summed E-state index contributed by atoms with van der Waals surface area (Å²) in [4.78, 5) is 14.8. The molecule has 2 aromatic rings. The molecule has 136 valence electrons. The molecule has 3 nitrogen and oxygen atoms in total. The van der Waals surface area contributed by atoms with Gasteiger partial charge in [-0.2, -0.15) is 0 Å². The van der Waals surface area contributed by atoms with Crippen LogP contribution in [0.2, 0.25) is 0 Å². The molecular weight excluding hydrogens is 390 g/mol. The van der Waals surface area contributed by atoms with E-state index in [1.165, 1.54) is 0 Å². The van der Waals surface area contributed by atoms with E-state index in [9.17, 15) is 4.79 Å². The van der Waals surface area contributed by atoms with Crippen LogP contribution in [0, 0.1) is 0 Å². The number of carbonyl (C=O) groups is 1. The number of carbonyl (C=O) groups excluding carboxylic acids is 1. The summed E-state index contributed by atoms with van der Waals surface area (Å²) in [6, 6.07) is 18.2. The molecule has 1 heterocycles. The number of amides is 1. The van der Waals surface area contributed by atoms with Crippen molar-refractivity contribution in [2.75, 3.05) is 6.54 Å². The lowest BCUT2D eigenvalue weighted by atomic mass is 9.85. The van der Waals surface area contributed by atoms with Crippen molar-refractivity contribution in [3.05, 3.63) is 82.9 Å². The first-order chi connectivity index (χ1) is 12.6. The van der Waals surface area contributed by atoms with Crippen LogP contribution in [0.4, 0.5) is 4.79 Å². The smallest absolute Gasteiger partial charge is 0.411 e. The van der Waals surface area contributed by atoms with Gasteiger partial charge in [-0.15, -0.1) is 6.58 Å². The predicted molar refractivity (Wildman–Crippen MR) is 108 cm³/mol. The summed E-state index contributed by atoms with van der Waals surface area (Å²) in [7, 11) is 0. The van der Waals surface area contributed by atoms with Crippen LogP contribution in [0.25, 0.3) is 0 Å². The lowest BCUT2D eigenvalue weighted by Gasteiger charge is -2.43. The van der Waals surface area contributed by atoms with Crippen LogP contribution in [-0.4, -0.2) is 17.5 Å². The van der Waals surface area contributed by atoms with Gasteiger partial charge in [-0.05, 0) is 29.7 Å². The Balaban J connectivity index is 1.85. The third kappa shape index (κ3) is 3.70. The zero-order valence-corrected chi connectivity index (χ0v) is 16.6. The molecule has 2 atom stereocenters. The van der Waals surface area contributed by atoms with E-state index in [0.29, 0.717) is 13.0 Å². The molecule has 1 fully saturated rings. The minimum absolute atomic E-state index is 0.0214. The minimum Gasteiger partial charge on any atom is -0.437 e. The molecule has 1 saturated heterocycles. The molecule has 4 heteroatoms. The Bertz CT molecular complexity index is 759. The minimum atomic E-state index is -0.616. The van der Waals surface area contributed by atoms with Crippen LogP contribution in [0.5, 0.6) is 0 Å². The highest BCUT2D eigenvalue weighted by Gasteiger charge is 2.43. The number of benzene rings is 2. The summed E-state index contributed by atoms with van der Waals surface area (Å²) in [6.45, 7) is 6.63. The van der Waals surface area contributed by atoms with Crippen LogP contribution < -0.4 is 0 Å². The standard InChI is InChI=1S/C22H24BrNO2/c1-3-14-22(18-8-6-5-7-9-18)15-16-24(21(25)26-22)20(4-2)17-10-12-19(23)13-11-17/h3,5-13,20H,1,4,14-16H2,2H3/t20-,22?/m0/s1. The summed E-state index contributed by atoms with van der Waals surface area (Å²) in [5.41, 5.74) is 1.54. The fourth-order valence-corrected chi connectivity index (χ4v) is 3.98. The van der Waals surface area contributed by atoms with Gasteiger partial charge in [-0.3, -0.25) is 0 Å². The molecule has 0 aromatic heterocycles. The lowest BCUT2D eigenvalue weighted by Crippen LogP contribution is -2.49. The van der Waals surface area contributed by atoms with E-state index in [2.05, 4.69) is 41.6 Å². The van der Waals surface area contributed by atoms with Gasteiger partial charge in [0.1, 0.15) is 5.60 Å². The monoisotopic (exact) mass is 413 g/mol. The quantitative estimate of drug-likeness (QED) is 0.526. The van der Waals surface area contributed by atoms with Crippen molar-refractivity contribution in [3.8, 4) is 0 Å². The molecule has 1 aliphatic rings. The van der Waals surface area contributed by atoms with Crippen LogP contribution in [0.1, 0.15) is 43.4 Å². The van der Waals surface area contributed by atoms with Crippen molar-refractivity contribution in [3.63, 3.8) is 0 Å². The molecule has 2 aromatic carbocycles. The predicted octanol–water partition coefficient (Wildman–Crippen LogP) is 6.21. The maximum Gasteiger partial charge on any atom is 0.411 e. The van der Waals surface area contributed by atoms with E-state index in [1.807, 2.05) is 53.4 Å². The number of cyclic esters (lactones) is 1. The Hall–Kier alpha value is -2.07. The molecule has 1 amide bonds. The third-order valence-electron chi connectivity index (χ3n) is 5.07. The van der Waals surface area contributed by atoms with Crippen molar-refractivity contribution in [2.45, 2.75) is 37.8 Å². The Morgan fingerprint density at radius 1 is 1.23 bits per heavy atom. The highest BCUT2D eigenvalue weighted by Crippen LogP contribution is 2.40. The van der Waals surface area contributed by atoms with E-state index in [0.717, 1.165) is 28.4 Å². The summed E-state index contributed by atoms with van der Waals surface area (Å²) in [5, 5.41) is 0. The third-order valence-corrected chi connectivity index (χ3v) is 5.59. The maximum absolute atomic E-state index is 13.0. The highest BCUT2D eigenvalue weighted by atomic mass is 79.9. The van der Waals surface area contributed by atoms with Crippen LogP contribution in [0.3, 0.4) is 0 Å². The molecule has 0 aliphatic carbocycles. The highest BCUT2D eigenvalue weighted by molar-refractivity contribution is 9.10. The van der Waals surface area contributed by atoms with Gasteiger partial charge in [0.05, 0.1) is 6.04 Å². The second-order valence-electron chi connectivity index (χ2n) is 6.64. The fourth-order valence-electron chi connectivity index (χ4n) is 3.71. The zero-order valence-electron chi connectivity index (χ0n) is 15.0. The first kappa shape index (κ1) is 18.7. The maximum atomic E-state index is 13.0. The topological polar surface area (TPSA) is 29.5 Å². The molecular formula is C22H24BrNO2.